The molecule has 0 aliphatic rings. The molecule has 93 valence electrons. The number of hydrogen-bond donors (Lipinski definition) is 0. The lowest BCUT2D eigenvalue weighted by Crippen LogP contribution is -1.88. The molecule has 0 aliphatic heterocycles. The van der Waals surface area contributed by atoms with Gasteiger partial charge in [-0.15, -0.1) is 11.8 Å². The van der Waals surface area contributed by atoms with Crippen molar-refractivity contribution in [1.29, 1.82) is 0 Å². The zero-order chi connectivity index (χ0) is 13.0. The highest BCUT2D eigenvalue weighted by Crippen LogP contribution is 2.34. The maximum absolute atomic E-state index is 6.05. The SMILES string of the molecule is CCSc1[c]c(Oc2cccc(Cl)c2Cl)ccn1. The van der Waals surface area contributed by atoms with Gasteiger partial charge in [-0.3, -0.25) is 0 Å². The van der Waals surface area contributed by atoms with Gasteiger partial charge in [-0.2, -0.15) is 0 Å². The molecule has 2 rings (SSSR count). The van der Waals surface area contributed by atoms with E-state index in [1.165, 1.54) is 0 Å². The summed E-state index contributed by atoms with van der Waals surface area (Å²) in [5.74, 6) is 2.02. The summed E-state index contributed by atoms with van der Waals surface area (Å²) in [5.41, 5.74) is 0. The maximum Gasteiger partial charge on any atom is 0.147 e. The molecule has 18 heavy (non-hydrogen) atoms. The summed E-state index contributed by atoms with van der Waals surface area (Å²) >= 11 is 13.6. The first-order valence-corrected chi connectivity index (χ1v) is 7.08. The summed E-state index contributed by atoms with van der Waals surface area (Å²) in [6.07, 6.45) is 1.68. The largest absolute Gasteiger partial charge is 0.455 e. The van der Waals surface area contributed by atoms with Crippen LogP contribution in [-0.2, 0) is 0 Å². The fourth-order valence-electron chi connectivity index (χ4n) is 1.30. The van der Waals surface area contributed by atoms with Crippen LogP contribution in [0.15, 0.2) is 35.5 Å². The molecule has 0 saturated heterocycles. The molecular formula is C13H10Cl2NOS. The van der Waals surface area contributed by atoms with Crippen molar-refractivity contribution < 1.29 is 4.74 Å². The van der Waals surface area contributed by atoms with Crippen molar-refractivity contribution >= 4 is 35.0 Å². The highest BCUT2D eigenvalue weighted by atomic mass is 35.5. The summed E-state index contributed by atoms with van der Waals surface area (Å²) in [6, 6.07) is 10.1. The topological polar surface area (TPSA) is 22.1 Å². The smallest absolute Gasteiger partial charge is 0.147 e. The molecule has 0 saturated carbocycles. The van der Waals surface area contributed by atoms with Gasteiger partial charge in [0, 0.05) is 6.20 Å². The molecule has 1 heterocycles. The van der Waals surface area contributed by atoms with E-state index >= 15 is 0 Å². The molecule has 0 atom stereocenters. The van der Waals surface area contributed by atoms with E-state index in [4.69, 9.17) is 27.9 Å². The molecule has 1 aromatic heterocycles. The molecule has 0 fully saturated rings. The zero-order valence-corrected chi connectivity index (χ0v) is 11.9. The van der Waals surface area contributed by atoms with E-state index in [1.807, 2.05) is 0 Å². The Hall–Kier alpha value is -0.900. The van der Waals surface area contributed by atoms with E-state index in [2.05, 4.69) is 18.0 Å². The standard InChI is InChI=1S/C13H10Cl2NOS/c1-2-18-12-8-9(6-7-16-12)17-11-5-3-4-10(14)13(11)15/h3-7H,2H2,1H3. The molecule has 0 amide bonds. The van der Waals surface area contributed by atoms with E-state index in [0.29, 0.717) is 21.5 Å². The van der Waals surface area contributed by atoms with Crippen LogP contribution in [0.5, 0.6) is 11.5 Å². The Labute approximate surface area is 120 Å². The normalized spacial score (nSPS) is 10.4. The average molecular weight is 299 g/mol. The molecule has 0 N–H and O–H groups in total. The summed E-state index contributed by atoms with van der Waals surface area (Å²) < 4.78 is 5.65. The number of thioether (sulfide) groups is 1. The number of pyridine rings is 1. The van der Waals surface area contributed by atoms with Crippen molar-refractivity contribution in [3.05, 3.63) is 46.6 Å². The molecule has 1 aromatic carbocycles. The number of rotatable bonds is 4. The predicted molar refractivity (Wildman–Crippen MR) is 76.0 cm³/mol. The first kappa shape index (κ1) is 13.5. The van der Waals surface area contributed by atoms with Crippen molar-refractivity contribution in [2.45, 2.75) is 11.9 Å². The van der Waals surface area contributed by atoms with Gasteiger partial charge >= 0.3 is 0 Å². The van der Waals surface area contributed by atoms with Crippen LogP contribution in [0.3, 0.4) is 0 Å². The molecule has 0 unspecified atom stereocenters. The van der Waals surface area contributed by atoms with Crippen LogP contribution in [0, 0.1) is 6.07 Å². The van der Waals surface area contributed by atoms with Crippen LogP contribution >= 0.6 is 35.0 Å². The van der Waals surface area contributed by atoms with E-state index in [1.54, 1.807) is 42.2 Å². The van der Waals surface area contributed by atoms with Gasteiger partial charge in [0.15, 0.2) is 0 Å². The van der Waals surface area contributed by atoms with E-state index in [-0.39, 0.29) is 0 Å². The van der Waals surface area contributed by atoms with Gasteiger partial charge in [0.25, 0.3) is 0 Å². The summed E-state index contributed by atoms with van der Waals surface area (Å²) in [6.45, 7) is 2.06. The lowest BCUT2D eigenvalue weighted by atomic mass is 10.3. The van der Waals surface area contributed by atoms with Crippen LogP contribution in [-0.4, -0.2) is 10.7 Å². The molecule has 2 nitrogen and oxygen atoms in total. The Bertz CT molecular complexity index is 548. The van der Waals surface area contributed by atoms with Crippen LogP contribution in [0.25, 0.3) is 0 Å². The average Bonchev–Trinajstić information content (AvgIpc) is 2.36. The van der Waals surface area contributed by atoms with E-state index < -0.39 is 0 Å². The second-order valence-electron chi connectivity index (χ2n) is 3.33. The zero-order valence-electron chi connectivity index (χ0n) is 9.61. The van der Waals surface area contributed by atoms with Crippen molar-refractivity contribution in [1.82, 2.24) is 4.98 Å². The van der Waals surface area contributed by atoms with Crippen molar-refractivity contribution in [2.24, 2.45) is 0 Å². The van der Waals surface area contributed by atoms with Gasteiger partial charge < -0.3 is 4.74 Å². The van der Waals surface area contributed by atoms with Crippen LogP contribution in [0.4, 0.5) is 0 Å². The molecule has 0 spiro atoms. The third kappa shape index (κ3) is 3.31. The summed E-state index contributed by atoms with van der Waals surface area (Å²) in [7, 11) is 0. The fraction of sp³-hybridized carbons (Fsp3) is 0.154. The molecule has 0 aliphatic carbocycles. The molecular weight excluding hydrogens is 289 g/mol. The first-order chi connectivity index (χ1) is 8.70. The summed E-state index contributed by atoms with van der Waals surface area (Å²) in [4.78, 5) is 4.18. The Kier molecular flexibility index (Phi) is 4.75. The monoisotopic (exact) mass is 298 g/mol. The fourth-order valence-corrected chi connectivity index (χ4v) is 2.21. The van der Waals surface area contributed by atoms with E-state index in [0.717, 1.165) is 10.8 Å². The lowest BCUT2D eigenvalue weighted by molar-refractivity contribution is 0.479. The Balaban J connectivity index is 2.23. The number of aromatic nitrogens is 1. The molecule has 1 radical (unpaired) electrons. The maximum atomic E-state index is 6.05. The van der Waals surface area contributed by atoms with Crippen LogP contribution < -0.4 is 4.74 Å². The van der Waals surface area contributed by atoms with Gasteiger partial charge in [0.05, 0.1) is 11.1 Å². The van der Waals surface area contributed by atoms with Gasteiger partial charge in [0.2, 0.25) is 0 Å². The number of halogens is 2. The lowest BCUT2D eigenvalue weighted by Gasteiger charge is -2.08. The van der Waals surface area contributed by atoms with Gasteiger partial charge in [-0.25, -0.2) is 4.98 Å². The Morgan fingerprint density at radius 1 is 1.33 bits per heavy atom. The minimum absolute atomic E-state index is 0.397. The quantitative estimate of drug-likeness (QED) is 0.734. The number of benzene rings is 1. The molecule has 5 heteroatoms. The number of ether oxygens (including phenoxy) is 1. The van der Waals surface area contributed by atoms with Crippen molar-refractivity contribution in [2.75, 3.05) is 5.75 Å². The number of hydrogen-bond acceptors (Lipinski definition) is 3. The molecule has 2 aromatic rings. The van der Waals surface area contributed by atoms with Gasteiger partial charge in [-0.1, -0.05) is 36.2 Å². The van der Waals surface area contributed by atoms with Gasteiger partial charge in [0.1, 0.15) is 21.5 Å². The predicted octanol–water partition coefficient (Wildman–Crippen LogP) is 5.09. The highest BCUT2D eigenvalue weighted by Gasteiger charge is 2.07. The third-order valence-electron chi connectivity index (χ3n) is 2.06. The van der Waals surface area contributed by atoms with Crippen molar-refractivity contribution in [3.8, 4) is 11.5 Å². The van der Waals surface area contributed by atoms with Crippen molar-refractivity contribution in [3.63, 3.8) is 0 Å². The van der Waals surface area contributed by atoms with Crippen LogP contribution in [0.2, 0.25) is 10.0 Å². The third-order valence-corrected chi connectivity index (χ3v) is 3.64. The Morgan fingerprint density at radius 3 is 2.94 bits per heavy atom. The minimum atomic E-state index is 0.397. The second kappa shape index (κ2) is 6.32. The highest BCUT2D eigenvalue weighted by molar-refractivity contribution is 7.99. The Morgan fingerprint density at radius 2 is 2.17 bits per heavy atom. The summed E-state index contributed by atoms with van der Waals surface area (Å²) in [5, 5.41) is 1.66. The molecule has 0 bridgehead atoms. The van der Waals surface area contributed by atoms with Crippen LogP contribution in [0.1, 0.15) is 6.92 Å². The minimum Gasteiger partial charge on any atom is -0.455 e. The number of nitrogens with zero attached hydrogens (tertiary/aromatic N) is 1. The van der Waals surface area contributed by atoms with Gasteiger partial charge in [-0.05, 0) is 24.0 Å². The second-order valence-corrected chi connectivity index (χ2v) is 5.36. The van der Waals surface area contributed by atoms with E-state index in [9.17, 15) is 0 Å². The first-order valence-electron chi connectivity index (χ1n) is 5.33.